The second-order valence-electron chi connectivity index (χ2n) is 6.78. The highest BCUT2D eigenvalue weighted by Crippen LogP contribution is 2.30. The van der Waals surface area contributed by atoms with E-state index in [0.717, 1.165) is 50.6 Å². The normalized spacial score (nSPS) is 12.2. The largest absolute Gasteiger partial charge is 0.494 e. The van der Waals surface area contributed by atoms with E-state index < -0.39 is 0 Å². The SMILES string of the molecule is CCNC(=NCC(CC)(CC)CCO)N(C)Cc1ccc(OCC)cc1. The number of aliphatic hydroxyl groups excluding tert-OH is 1. The van der Waals surface area contributed by atoms with Crippen LogP contribution in [-0.2, 0) is 6.54 Å². The number of hydrogen-bond acceptors (Lipinski definition) is 3. The summed E-state index contributed by atoms with van der Waals surface area (Å²) in [5.74, 6) is 1.81. The quantitative estimate of drug-likeness (QED) is 0.465. The number of nitrogens with one attached hydrogen (secondary N) is 1. The zero-order valence-corrected chi connectivity index (χ0v) is 17.2. The molecule has 5 nitrogen and oxygen atoms in total. The average Bonchev–Trinajstić information content (AvgIpc) is 2.65. The van der Waals surface area contributed by atoms with Gasteiger partial charge in [-0.05, 0) is 56.2 Å². The molecule has 0 amide bonds. The van der Waals surface area contributed by atoms with E-state index in [1.54, 1.807) is 0 Å². The Labute approximate surface area is 159 Å². The number of rotatable bonds is 11. The first-order valence-electron chi connectivity index (χ1n) is 9.86. The Morgan fingerprint density at radius 2 is 1.81 bits per heavy atom. The van der Waals surface area contributed by atoms with Crippen LogP contribution in [0.5, 0.6) is 5.75 Å². The average molecular weight is 364 g/mol. The van der Waals surface area contributed by atoms with Crippen LogP contribution in [0.3, 0.4) is 0 Å². The van der Waals surface area contributed by atoms with Gasteiger partial charge in [0.05, 0.1) is 6.61 Å². The molecule has 0 bridgehead atoms. The number of guanidine groups is 1. The highest BCUT2D eigenvalue weighted by Gasteiger charge is 2.25. The molecule has 0 atom stereocenters. The molecule has 0 unspecified atom stereocenters. The predicted molar refractivity (Wildman–Crippen MR) is 110 cm³/mol. The number of benzene rings is 1. The van der Waals surface area contributed by atoms with Crippen molar-refractivity contribution in [2.75, 3.05) is 33.4 Å². The van der Waals surface area contributed by atoms with Crippen LogP contribution in [0, 0.1) is 5.41 Å². The van der Waals surface area contributed by atoms with E-state index in [1.165, 1.54) is 5.56 Å². The van der Waals surface area contributed by atoms with Gasteiger partial charge in [-0.25, -0.2) is 0 Å². The maximum atomic E-state index is 9.41. The number of ether oxygens (including phenoxy) is 1. The first-order valence-corrected chi connectivity index (χ1v) is 9.86. The summed E-state index contributed by atoms with van der Waals surface area (Å²) in [6.07, 6.45) is 2.84. The van der Waals surface area contributed by atoms with Gasteiger partial charge in [0.15, 0.2) is 5.96 Å². The van der Waals surface area contributed by atoms with Crippen molar-refractivity contribution in [1.29, 1.82) is 0 Å². The van der Waals surface area contributed by atoms with Gasteiger partial charge in [0.1, 0.15) is 5.75 Å². The molecule has 1 aromatic rings. The molecule has 0 aliphatic heterocycles. The molecular weight excluding hydrogens is 326 g/mol. The third kappa shape index (κ3) is 6.87. The molecule has 0 aliphatic carbocycles. The molecule has 0 saturated heterocycles. The summed E-state index contributed by atoms with van der Waals surface area (Å²) in [5.41, 5.74) is 1.30. The monoisotopic (exact) mass is 363 g/mol. The number of hydrogen-bond donors (Lipinski definition) is 2. The molecule has 1 aromatic carbocycles. The van der Waals surface area contributed by atoms with E-state index in [0.29, 0.717) is 6.61 Å². The molecule has 5 heteroatoms. The van der Waals surface area contributed by atoms with E-state index in [1.807, 2.05) is 19.1 Å². The van der Waals surface area contributed by atoms with Crippen LogP contribution < -0.4 is 10.1 Å². The van der Waals surface area contributed by atoms with Gasteiger partial charge in [0.2, 0.25) is 0 Å². The van der Waals surface area contributed by atoms with E-state index in [9.17, 15) is 5.11 Å². The van der Waals surface area contributed by atoms with Crippen LogP contribution in [0.1, 0.15) is 52.5 Å². The van der Waals surface area contributed by atoms with Gasteiger partial charge in [-0.3, -0.25) is 4.99 Å². The van der Waals surface area contributed by atoms with Crippen molar-refractivity contribution >= 4 is 5.96 Å². The van der Waals surface area contributed by atoms with Crippen LogP contribution in [0.25, 0.3) is 0 Å². The van der Waals surface area contributed by atoms with Gasteiger partial charge >= 0.3 is 0 Å². The van der Waals surface area contributed by atoms with E-state index >= 15 is 0 Å². The Morgan fingerprint density at radius 1 is 1.15 bits per heavy atom. The molecular formula is C21H37N3O2. The first-order chi connectivity index (χ1) is 12.5. The van der Waals surface area contributed by atoms with Crippen molar-refractivity contribution in [1.82, 2.24) is 10.2 Å². The van der Waals surface area contributed by atoms with Crippen molar-refractivity contribution in [3.05, 3.63) is 29.8 Å². The second kappa shape index (κ2) is 11.8. The zero-order valence-electron chi connectivity index (χ0n) is 17.2. The van der Waals surface area contributed by atoms with Crippen LogP contribution in [-0.4, -0.2) is 49.3 Å². The summed E-state index contributed by atoms with van der Waals surface area (Å²) in [7, 11) is 2.06. The number of nitrogens with zero attached hydrogens (tertiary/aromatic N) is 2. The van der Waals surface area contributed by atoms with Crippen molar-refractivity contribution in [2.24, 2.45) is 10.4 Å². The maximum absolute atomic E-state index is 9.41. The second-order valence-corrected chi connectivity index (χ2v) is 6.78. The lowest BCUT2D eigenvalue weighted by molar-refractivity contribution is 0.175. The van der Waals surface area contributed by atoms with Crippen LogP contribution in [0.4, 0.5) is 0 Å². The zero-order chi connectivity index (χ0) is 19.4. The molecule has 1 rings (SSSR count). The minimum Gasteiger partial charge on any atom is -0.494 e. The van der Waals surface area contributed by atoms with Gasteiger partial charge in [0, 0.05) is 33.3 Å². The minimum atomic E-state index is 0.0788. The standard InChI is InChI=1S/C21H37N3O2/c1-6-21(7-2,14-15-25)17-23-20(22-8-3)24(5)16-18-10-12-19(13-11-18)26-9-4/h10-13,25H,6-9,14-17H2,1-5H3,(H,22,23). The lowest BCUT2D eigenvalue weighted by Crippen LogP contribution is -2.39. The number of aliphatic hydroxyl groups is 1. The Hall–Kier alpha value is -1.75. The molecule has 0 radical (unpaired) electrons. The van der Waals surface area contributed by atoms with Gasteiger partial charge < -0.3 is 20.1 Å². The van der Waals surface area contributed by atoms with Crippen molar-refractivity contribution in [2.45, 2.75) is 53.5 Å². The summed E-state index contributed by atoms with van der Waals surface area (Å²) in [6, 6.07) is 8.22. The van der Waals surface area contributed by atoms with E-state index in [-0.39, 0.29) is 12.0 Å². The Morgan fingerprint density at radius 3 is 2.31 bits per heavy atom. The lowest BCUT2D eigenvalue weighted by Gasteiger charge is -2.30. The molecule has 0 fully saturated rings. The fourth-order valence-electron chi connectivity index (χ4n) is 3.06. The van der Waals surface area contributed by atoms with Gasteiger partial charge in [-0.2, -0.15) is 0 Å². The molecule has 0 saturated carbocycles. The minimum absolute atomic E-state index is 0.0788. The molecule has 0 spiro atoms. The van der Waals surface area contributed by atoms with Crippen molar-refractivity contribution in [3.8, 4) is 5.75 Å². The van der Waals surface area contributed by atoms with Gasteiger partial charge in [-0.1, -0.05) is 26.0 Å². The summed E-state index contributed by atoms with van der Waals surface area (Å²) in [4.78, 5) is 7.03. The van der Waals surface area contributed by atoms with Gasteiger partial charge in [0.25, 0.3) is 0 Å². The highest BCUT2D eigenvalue weighted by atomic mass is 16.5. The molecule has 2 N–H and O–H groups in total. The van der Waals surface area contributed by atoms with E-state index in [2.05, 4.69) is 50.2 Å². The Balaban J connectivity index is 2.83. The Bertz CT molecular complexity index is 525. The van der Waals surface area contributed by atoms with Crippen molar-refractivity contribution in [3.63, 3.8) is 0 Å². The first kappa shape index (κ1) is 22.3. The Kier molecular flexibility index (Phi) is 10.1. The third-order valence-electron chi connectivity index (χ3n) is 5.06. The van der Waals surface area contributed by atoms with Crippen molar-refractivity contribution < 1.29 is 9.84 Å². The van der Waals surface area contributed by atoms with Crippen LogP contribution in [0.15, 0.2) is 29.3 Å². The summed E-state index contributed by atoms with van der Waals surface area (Å²) >= 11 is 0. The third-order valence-corrected chi connectivity index (χ3v) is 5.06. The molecule has 0 aliphatic rings. The lowest BCUT2D eigenvalue weighted by atomic mass is 9.79. The smallest absolute Gasteiger partial charge is 0.193 e. The van der Waals surface area contributed by atoms with Crippen LogP contribution in [0.2, 0.25) is 0 Å². The maximum Gasteiger partial charge on any atom is 0.193 e. The van der Waals surface area contributed by atoms with Gasteiger partial charge in [-0.15, -0.1) is 0 Å². The highest BCUT2D eigenvalue weighted by molar-refractivity contribution is 5.79. The molecule has 26 heavy (non-hydrogen) atoms. The van der Waals surface area contributed by atoms with E-state index in [4.69, 9.17) is 9.73 Å². The fraction of sp³-hybridized carbons (Fsp3) is 0.667. The molecule has 0 aromatic heterocycles. The molecule has 148 valence electrons. The topological polar surface area (TPSA) is 57.1 Å². The van der Waals surface area contributed by atoms with Crippen LogP contribution >= 0.6 is 0 Å². The molecule has 0 heterocycles. The number of aliphatic imine (C=N–C) groups is 1. The summed E-state index contributed by atoms with van der Waals surface area (Å²) in [6.45, 7) is 11.7. The summed E-state index contributed by atoms with van der Waals surface area (Å²) < 4.78 is 5.51. The summed E-state index contributed by atoms with van der Waals surface area (Å²) in [5, 5.41) is 12.8. The fourth-order valence-corrected chi connectivity index (χ4v) is 3.06. The predicted octanol–water partition coefficient (Wildman–Crippen LogP) is 3.67.